The second-order valence-corrected chi connectivity index (χ2v) is 6.83. The molecule has 6 heteroatoms. The van der Waals surface area contributed by atoms with Crippen LogP contribution in [-0.4, -0.2) is 32.1 Å². The summed E-state index contributed by atoms with van der Waals surface area (Å²) in [5.41, 5.74) is 2.24. The van der Waals surface area contributed by atoms with Crippen LogP contribution in [0.15, 0.2) is 30.3 Å². The molecule has 0 spiro atoms. The summed E-state index contributed by atoms with van der Waals surface area (Å²) >= 11 is 1.40. The van der Waals surface area contributed by atoms with Crippen molar-refractivity contribution in [2.45, 2.75) is 26.7 Å². The first kappa shape index (κ1) is 19.0. The standard InChI is InChI=1S/C19H23NO4S/c1-4-15-11-17(25-13(15)2)19(22)24-12-18(21)20-10-9-14-5-7-16(23-3)8-6-14/h5-8,11H,4,9-10,12H2,1-3H3,(H,20,21). The highest BCUT2D eigenvalue weighted by Crippen LogP contribution is 2.22. The van der Waals surface area contributed by atoms with Crippen molar-refractivity contribution >= 4 is 23.2 Å². The van der Waals surface area contributed by atoms with E-state index in [9.17, 15) is 9.59 Å². The Bertz CT molecular complexity index is 722. The minimum Gasteiger partial charge on any atom is -0.497 e. The highest BCUT2D eigenvalue weighted by atomic mass is 32.1. The summed E-state index contributed by atoms with van der Waals surface area (Å²) in [4.78, 5) is 25.4. The lowest BCUT2D eigenvalue weighted by Gasteiger charge is -2.07. The third-order valence-electron chi connectivity index (χ3n) is 3.83. The van der Waals surface area contributed by atoms with E-state index in [-0.39, 0.29) is 12.5 Å². The van der Waals surface area contributed by atoms with E-state index in [0.717, 1.165) is 28.2 Å². The molecule has 0 bridgehead atoms. The molecule has 0 unspecified atom stereocenters. The minimum absolute atomic E-state index is 0.264. The number of rotatable bonds is 8. The number of methoxy groups -OCH3 is 1. The first-order chi connectivity index (χ1) is 12.0. The van der Waals surface area contributed by atoms with Crippen LogP contribution in [0.3, 0.4) is 0 Å². The predicted molar refractivity (Wildman–Crippen MR) is 98.4 cm³/mol. The van der Waals surface area contributed by atoms with Crippen molar-refractivity contribution in [1.82, 2.24) is 5.32 Å². The number of hydrogen-bond donors (Lipinski definition) is 1. The largest absolute Gasteiger partial charge is 0.497 e. The molecule has 2 aromatic rings. The Morgan fingerprint density at radius 2 is 1.92 bits per heavy atom. The molecule has 0 saturated carbocycles. The Kier molecular flexibility index (Phi) is 7.01. The summed E-state index contributed by atoms with van der Waals surface area (Å²) < 4.78 is 10.2. The molecular formula is C19H23NO4S. The third-order valence-corrected chi connectivity index (χ3v) is 4.90. The highest BCUT2D eigenvalue weighted by molar-refractivity contribution is 7.14. The number of ether oxygens (including phenoxy) is 2. The van der Waals surface area contributed by atoms with Crippen LogP contribution in [0.1, 0.15) is 32.6 Å². The molecule has 25 heavy (non-hydrogen) atoms. The van der Waals surface area contributed by atoms with E-state index < -0.39 is 5.97 Å². The van der Waals surface area contributed by atoms with Gasteiger partial charge in [-0.15, -0.1) is 11.3 Å². The van der Waals surface area contributed by atoms with Gasteiger partial charge in [-0.05, 0) is 49.1 Å². The van der Waals surface area contributed by atoms with Crippen LogP contribution in [0.5, 0.6) is 5.75 Å². The van der Waals surface area contributed by atoms with Gasteiger partial charge < -0.3 is 14.8 Å². The Labute approximate surface area is 152 Å². The van der Waals surface area contributed by atoms with Crippen LogP contribution >= 0.6 is 11.3 Å². The van der Waals surface area contributed by atoms with Gasteiger partial charge in [0.25, 0.3) is 5.91 Å². The van der Waals surface area contributed by atoms with Gasteiger partial charge in [-0.3, -0.25) is 4.79 Å². The van der Waals surface area contributed by atoms with Crippen molar-refractivity contribution in [3.05, 3.63) is 51.2 Å². The molecule has 0 aliphatic carbocycles. The number of carbonyl (C=O) groups excluding carboxylic acids is 2. The molecule has 1 amide bonds. The SMILES string of the molecule is CCc1cc(C(=O)OCC(=O)NCCc2ccc(OC)cc2)sc1C. The van der Waals surface area contributed by atoms with Crippen LogP contribution in [0.25, 0.3) is 0 Å². The van der Waals surface area contributed by atoms with E-state index in [2.05, 4.69) is 5.32 Å². The number of aryl methyl sites for hydroxylation is 2. The van der Waals surface area contributed by atoms with Crippen LogP contribution in [0.2, 0.25) is 0 Å². The number of hydrogen-bond acceptors (Lipinski definition) is 5. The lowest BCUT2D eigenvalue weighted by molar-refractivity contribution is -0.124. The van der Waals surface area contributed by atoms with E-state index in [1.807, 2.05) is 44.2 Å². The highest BCUT2D eigenvalue weighted by Gasteiger charge is 2.14. The molecule has 1 aromatic heterocycles. The fraction of sp³-hybridized carbons (Fsp3) is 0.368. The topological polar surface area (TPSA) is 64.6 Å². The minimum atomic E-state index is -0.446. The second-order valence-electron chi connectivity index (χ2n) is 5.57. The molecular weight excluding hydrogens is 338 g/mol. The molecule has 0 aliphatic heterocycles. The zero-order valence-electron chi connectivity index (χ0n) is 14.8. The average molecular weight is 361 g/mol. The van der Waals surface area contributed by atoms with Gasteiger partial charge >= 0.3 is 5.97 Å². The van der Waals surface area contributed by atoms with Crippen LogP contribution in [-0.2, 0) is 22.4 Å². The van der Waals surface area contributed by atoms with Gasteiger partial charge in [0.15, 0.2) is 6.61 Å². The number of thiophene rings is 1. The number of esters is 1. The van der Waals surface area contributed by atoms with Gasteiger partial charge in [0.2, 0.25) is 0 Å². The van der Waals surface area contributed by atoms with E-state index >= 15 is 0 Å². The summed E-state index contributed by atoms with van der Waals surface area (Å²) in [7, 11) is 1.62. The van der Waals surface area contributed by atoms with Crippen molar-refractivity contribution in [3.63, 3.8) is 0 Å². The molecule has 134 valence electrons. The summed E-state index contributed by atoms with van der Waals surface area (Å²) in [5.74, 6) is 0.0544. The van der Waals surface area contributed by atoms with Crippen LogP contribution in [0, 0.1) is 6.92 Å². The molecule has 0 atom stereocenters. The van der Waals surface area contributed by atoms with Gasteiger partial charge in [0.1, 0.15) is 10.6 Å². The molecule has 5 nitrogen and oxygen atoms in total. The first-order valence-electron chi connectivity index (χ1n) is 8.19. The number of amides is 1. The van der Waals surface area contributed by atoms with Crippen molar-refractivity contribution in [2.75, 3.05) is 20.3 Å². The Morgan fingerprint density at radius 3 is 2.52 bits per heavy atom. The summed E-state index contributed by atoms with van der Waals surface area (Å²) in [5, 5.41) is 2.75. The molecule has 1 N–H and O–H groups in total. The fourth-order valence-corrected chi connectivity index (χ4v) is 3.37. The van der Waals surface area contributed by atoms with Crippen molar-refractivity contribution in [3.8, 4) is 5.75 Å². The van der Waals surface area contributed by atoms with Crippen LogP contribution in [0.4, 0.5) is 0 Å². The molecule has 2 rings (SSSR count). The molecule has 1 aromatic carbocycles. The summed E-state index contributed by atoms with van der Waals surface area (Å²) in [6.07, 6.45) is 1.58. The lowest BCUT2D eigenvalue weighted by Crippen LogP contribution is -2.30. The van der Waals surface area contributed by atoms with Crippen molar-refractivity contribution in [2.24, 2.45) is 0 Å². The van der Waals surface area contributed by atoms with Crippen molar-refractivity contribution in [1.29, 1.82) is 0 Å². The maximum Gasteiger partial charge on any atom is 0.348 e. The normalized spacial score (nSPS) is 10.4. The monoisotopic (exact) mass is 361 g/mol. The van der Waals surface area contributed by atoms with E-state index in [1.165, 1.54) is 11.3 Å². The zero-order valence-corrected chi connectivity index (χ0v) is 15.6. The van der Waals surface area contributed by atoms with Gasteiger partial charge in [-0.1, -0.05) is 19.1 Å². The van der Waals surface area contributed by atoms with E-state index in [0.29, 0.717) is 17.8 Å². The first-order valence-corrected chi connectivity index (χ1v) is 9.01. The lowest BCUT2D eigenvalue weighted by atomic mass is 10.1. The van der Waals surface area contributed by atoms with Crippen LogP contribution < -0.4 is 10.1 Å². The van der Waals surface area contributed by atoms with E-state index in [4.69, 9.17) is 9.47 Å². The van der Waals surface area contributed by atoms with Gasteiger partial charge in [-0.2, -0.15) is 0 Å². The van der Waals surface area contributed by atoms with Crippen molar-refractivity contribution < 1.29 is 19.1 Å². The fourth-order valence-electron chi connectivity index (χ4n) is 2.36. The Balaban J connectivity index is 1.71. The maximum atomic E-state index is 12.0. The molecule has 0 radical (unpaired) electrons. The smallest absolute Gasteiger partial charge is 0.348 e. The third kappa shape index (κ3) is 5.60. The number of nitrogens with one attached hydrogen (secondary N) is 1. The number of carbonyl (C=O) groups is 2. The molecule has 1 heterocycles. The zero-order chi connectivity index (χ0) is 18.2. The average Bonchev–Trinajstić information content (AvgIpc) is 3.01. The molecule has 0 saturated heterocycles. The van der Waals surface area contributed by atoms with Gasteiger partial charge in [-0.25, -0.2) is 4.79 Å². The van der Waals surface area contributed by atoms with Gasteiger partial charge in [0.05, 0.1) is 7.11 Å². The van der Waals surface area contributed by atoms with Gasteiger partial charge in [0, 0.05) is 11.4 Å². The Hall–Kier alpha value is -2.34. The number of benzene rings is 1. The molecule has 0 fully saturated rings. The quantitative estimate of drug-likeness (QED) is 0.734. The maximum absolute atomic E-state index is 12.0. The van der Waals surface area contributed by atoms with E-state index in [1.54, 1.807) is 7.11 Å². The Morgan fingerprint density at radius 1 is 1.20 bits per heavy atom. The molecule has 0 aliphatic rings. The summed E-state index contributed by atoms with van der Waals surface area (Å²) in [6, 6.07) is 9.51. The summed E-state index contributed by atoms with van der Waals surface area (Å²) in [6.45, 7) is 4.24. The second kappa shape index (κ2) is 9.22. The predicted octanol–water partition coefficient (Wildman–Crippen LogP) is 3.14.